The zero-order chi connectivity index (χ0) is 26.2. The number of benzene rings is 3. The lowest BCUT2D eigenvalue weighted by atomic mass is 10.2. The molecule has 0 unspecified atom stereocenters. The highest BCUT2D eigenvalue weighted by Crippen LogP contribution is 2.28. The number of phenols is 1. The number of rotatable bonds is 10. The first kappa shape index (κ1) is 25.8. The lowest BCUT2D eigenvalue weighted by Gasteiger charge is -2.13. The summed E-state index contributed by atoms with van der Waals surface area (Å²) in [4.78, 5) is 30.5. The molecule has 0 fully saturated rings. The molecule has 1 aromatic heterocycles. The number of ether oxygens (including phenoxy) is 2. The van der Waals surface area contributed by atoms with E-state index in [0.29, 0.717) is 52.0 Å². The van der Waals surface area contributed by atoms with Gasteiger partial charge in [-0.3, -0.25) is 14.2 Å². The number of amides is 1. The normalized spacial score (nSPS) is 11.1. The van der Waals surface area contributed by atoms with Gasteiger partial charge in [-0.25, -0.2) is 10.4 Å². The molecule has 190 valence electrons. The molecule has 0 spiro atoms. The van der Waals surface area contributed by atoms with Gasteiger partial charge in [0.2, 0.25) is 0 Å². The Morgan fingerprint density at radius 2 is 1.81 bits per heavy atom. The summed E-state index contributed by atoms with van der Waals surface area (Å²) in [6.07, 6.45) is 1.34. The number of carbonyl (C=O) groups is 1. The molecule has 0 radical (unpaired) electrons. The number of hydrazone groups is 1. The molecule has 0 aliphatic rings. The van der Waals surface area contributed by atoms with Crippen molar-refractivity contribution in [2.45, 2.75) is 19.0 Å². The van der Waals surface area contributed by atoms with Crippen molar-refractivity contribution in [1.29, 1.82) is 0 Å². The number of carbonyl (C=O) groups excluding carboxylic acids is 1. The van der Waals surface area contributed by atoms with Crippen LogP contribution < -0.4 is 20.5 Å². The first-order chi connectivity index (χ1) is 18.0. The topological polar surface area (TPSA) is 115 Å². The quantitative estimate of drug-likeness (QED) is 0.140. The van der Waals surface area contributed by atoms with Crippen LogP contribution in [0.1, 0.15) is 19.4 Å². The molecular formula is C27H26N4O5S. The molecule has 0 aliphatic heterocycles. The van der Waals surface area contributed by atoms with Gasteiger partial charge in [0.25, 0.3) is 11.5 Å². The van der Waals surface area contributed by atoms with E-state index in [0.717, 1.165) is 11.8 Å². The van der Waals surface area contributed by atoms with Crippen LogP contribution in [-0.4, -0.2) is 45.7 Å². The molecule has 1 heterocycles. The highest BCUT2D eigenvalue weighted by molar-refractivity contribution is 7.99. The van der Waals surface area contributed by atoms with E-state index in [1.165, 1.54) is 10.8 Å². The standard InChI is InChI=1S/C27H26N4O5S/c1-3-35-20-14-12-19(13-15-20)31-26(34)21-9-5-6-10-22(21)29-27(31)37-17-24(32)30-28-16-18-8-7-11-23(25(18)33)36-4-2/h5-16,33H,3-4,17H2,1-2H3,(H,30,32)/b28-16+. The Kier molecular flexibility index (Phi) is 8.42. The van der Waals surface area contributed by atoms with Crippen molar-refractivity contribution in [2.75, 3.05) is 19.0 Å². The fourth-order valence-electron chi connectivity index (χ4n) is 3.55. The SMILES string of the molecule is CCOc1ccc(-n2c(SCC(=O)N/N=C/c3cccc(OCC)c3O)nc3ccccc3c2=O)cc1. The summed E-state index contributed by atoms with van der Waals surface area (Å²) in [5, 5.41) is 15.0. The van der Waals surface area contributed by atoms with Crippen molar-refractivity contribution in [3.63, 3.8) is 0 Å². The van der Waals surface area contributed by atoms with Crippen LogP contribution in [0, 0.1) is 0 Å². The van der Waals surface area contributed by atoms with Crippen LogP contribution in [0.5, 0.6) is 17.2 Å². The molecule has 10 heteroatoms. The van der Waals surface area contributed by atoms with Crippen LogP contribution in [0.3, 0.4) is 0 Å². The van der Waals surface area contributed by atoms with Crippen LogP contribution in [0.2, 0.25) is 0 Å². The molecule has 4 aromatic rings. The number of phenolic OH excluding ortho intramolecular Hbond substituents is 1. The van der Waals surface area contributed by atoms with Gasteiger partial charge in [0.1, 0.15) is 5.75 Å². The summed E-state index contributed by atoms with van der Waals surface area (Å²) in [6, 6.07) is 19.2. The Balaban J connectivity index is 1.53. The Labute approximate surface area is 217 Å². The smallest absolute Gasteiger partial charge is 0.266 e. The van der Waals surface area contributed by atoms with Crippen molar-refractivity contribution >= 4 is 34.8 Å². The zero-order valence-electron chi connectivity index (χ0n) is 20.4. The minimum Gasteiger partial charge on any atom is -0.504 e. The third kappa shape index (κ3) is 6.10. The second-order valence-corrected chi connectivity index (χ2v) is 8.63. The van der Waals surface area contributed by atoms with E-state index >= 15 is 0 Å². The van der Waals surface area contributed by atoms with Gasteiger partial charge < -0.3 is 14.6 Å². The second-order valence-electron chi connectivity index (χ2n) is 7.69. The van der Waals surface area contributed by atoms with Crippen LogP contribution >= 0.6 is 11.8 Å². The number of aromatic nitrogens is 2. The molecule has 3 aromatic carbocycles. The first-order valence-corrected chi connectivity index (χ1v) is 12.6. The Bertz CT molecular complexity index is 1480. The maximum Gasteiger partial charge on any atom is 0.266 e. The fraction of sp³-hybridized carbons (Fsp3) is 0.185. The molecule has 0 atom stereocenters. The monoisotopic (exact) mass is 518 g/mol. The van der Waals surface area contributed by atoms with E-state index in [1.807, 2.05) is 19.9 Å². The van der Waals surface area contributed by atoms with Gasteiger partial charge in [0.15, 0.2) is 16.7 Å². The zero-order valence-corrected chi connectivity index (χ0v) is 21.2. The summed E-state index contributed by atoms with van der Waals surface area (Å²) in [5.41, 5.74) is 3.76. The Morgan fingerprint density at radius 1 is 1.05 bits per heavy atom. The number of thioether (sulfide) groups is 1. The molecule has 2 N–H and O–H groups in total. The molecule has 0 bridgehead atoms. The van der Waals surface area contributed by atoms with Crippen molar-refractivity contribution in [3.05, 3.63) is 82.6 Å². The maximum absolute atomic E-state index is 13.4. The predicted molar refractivity (Wildman–Crippen MR) is 144 cm³/mol. The van der Waals surface area contributed by atoms with Gasteiger partial charge in [-0.1, -0.05) is 30.0 Å². The predicted octanol–water partition coefficient (Wildman–Crippen LogP) is 4.13. The highest BCUT2D eigenvalue weighted by atomic mass is 32.2. The first-order valence-electron chi connectivity index (χ1n) is 11.7. The molecule has 0 saturated carbocycles. The Morgan fingerprint density at radius 3 is 2.57 bits per heavy atom. The van der Waals surface area contributed by atoms with E-state index in [4.69, 9.17) is 9.47 Å². The van der Waals surface area contributed by atoms with Gasteiger partial charge in [0, 0.05) is 5.56 Å². The summed E-state index contributed by atoms with van der Waals surface area (Å²) < 4.78 is 12.3. The Hall–Kier alpha value is -4.31. The van der Waals surface area contributed by atoms with Crippen molar-refractivity contribution in [3.8, 4) is 22.9 Å². The second kappa shape index (κ2) is 12.1. The minimum absolute atomic E-state index is 0.0376. The number of aromatic hydroxyl groups is 1. The van der Waals surface area contributed by atoms with E-state index in [2.05, 4.69) is 15.5 Å². The maximum atomic E-state index is 13.4. The third-order valence-electron chi connectivity index (χ3n) is 5.21. The van der Waals surface area contributed by atoms with E-state index in [-0.39, 0.29) is 17.1 Å². The van der Waals surface area contributed by atoms with Crippen LogP contribution in [0.15, 0.2) is 81.8 Å². The molecule has 9 nitrogen and oxygen atoms in total. The lowest BCUT2D eigenvalue weighted by molar-refractivity contribution is -0.118. The molecule has 37 heavy (non-hydrogen) atoms. The fourth-order valence-corrected chi connectivity index (χ4v) is 4.35. The molecule has 0 aliphatic carbocycles. The number of hydrogen-bond donors (Lipinski definition) is 2. The number of nitrogens with one attached hydrogen (secondary N) is 1. The van der Waals surface area contributed by atoms with Crippen LogP contribution in [0.25, 0.3) is 16.6 Å². The summed E-state index contributed by atoms with van der Waals surface area (Å²) in [6.45, 7) is 4.66. The highest BCUT2D eigenvalue weighted by Gasteiger charge is 2.15. The van der Waals surface area contributed by atoms with E-state index in [9.17, 15) is 14.7 Å². The average Bonchev–Trinajstić information content (AvgIpc) is 2.91. The van der Waals surface area contributed by atoms with E-state index in [1.54, 1.807) is 60.7 Å². The van der Waals surface area contributed by atoms with Crippen LogP contribution in [0.4, 0.5) is 0 Å². The molecule has 1 amide bonds. The molecule has 4 rings (SSSR count). The molecule has 0 saturated heterocycles. The number of fused-ring (bicyclic) bond motifs is 1. The number of hydrogen-bond acceptors (Lipinski definition) is 8. The third-order valence-corrected chi connectivity index (χ3v) is 6.14. The van der Waals surface area contributed by atoms with Gasteiger partial charge in [-0.05, 0) is 62.4 Å². The van der Waals surface area contributed by atoms with Crippen molar-refractivity contribution in [1.82, 2.24) is 15.0 Å². The number of nitrogens with zero attached hydrogens (tertiary/aromatic N) is 3. The lowest BCUT2D eigenvalue weighted by Crippen LogP contribution is -2.24. The number of para-hydroxylation sites is 2. The minimum atomic E-state index is -0.401. The van der Waals surface area contributed by atoms with Gasteiger partial charge in [-0.15, -0.1) is 0 Å². The summed E-state index contributed by atoms with van der Waals surface area (Å²) >= 11 is 1.12. The van der Waals surface area contributed by atoms with Gasteiger partial charge >= 0.3 is 0 Å². The summed E-state index contributed by atoms with van der Waals surface area (Å²) in [5.74, 6) is 0.531. The van der Waals surface area contributed by atoms with Gasteiger partial charge in [-0.2, -0.15) is 5.10 Å². The van der Waals surface area contributed by atoms with Crippen molar-refractivity contribution < 1.29 is 19.4 Å². The van der Waals surface area contributed by atoms with Crippen LogP contribution in [-0.2, 0) is 4.79 Å². The van der Waals surface area contributed by atoms with Gasteiger partial charge in [0.05, 0.1) is 41.8 Å². The summed E-state index contributed by atoms with van der Waals surface area (Å²) in [7, 11) is 0. The van der Waals surface area contributed by atoms with Crippen molar-refractivity contribution in [2.24, 2.45) is 5.10 Å². The van der Waals surface area contributed by atoms with E-state index < -0.39 is 5.91 Å². The average molecular weight is 519 g/mol. The largest absolute Gasteiger partial charge is 0.504 e. The molecular weight excluding hydrogens is 492 g/mol.